The number of carbonyl (C=O) groups excluding carboxylic acids is 1. The standard InChI is InChI=1S/C16H26N2O6Si/c1-5-15(25(22-6-2,23-7-3)24-8-4)13-11-12(16(17)19)9-10-14(13)18(20)21/h9-11,15H,5-8H2,1-4H3,(H2,17,19). The molecule has 1 unspecified atom stereocenters. The van der Waals surface area contributed by atoms with Crippen LogP contribution < -0.4 is 5.73 Å². The van der Waals surface area contributed by atoms with Crippen LogP contribution in [0.15, 0.2) is 18.2 Å². The number of rotatable bonds is 11. The van der Waals surface area contributed by atoms with E-state index in [0.717, 1.165) is 0 Å². The smallest absolute Gasteiger partial charge is 0.373 e. The van der Waals surface area contributed by atoms with Gasteiger partial charge in [0.15, 0.2) is 0 Å². The predicted molar refractivity (Wildman–Crippen MR) is 95.3 cm³/mol. The van der Waals surface area contributed by atoms with Crippen LogP contribution in [0.25, 0.3) is 0 Å². The van der Waals surface area contributed by atoms with E-state index in [9.17, 15) is 14.9 Å². The lowest BCUT2D eigenvalue weighted by molar-refractivity contribution is -0.385. The summed E-state index contributed by atoms with van der Waals surface area (Å²) in [5.41, 5.74) is 5.31. The van der Waals surface area contributed by atoms with E-state index in [1.165, 1.54) is 18.2 Å². The van der Waals surface area contributed by atoms with Gasteiger partial charge in [-0.05, 0) is 39.3 Å². The number of hydrogen-bond donors (Lipinski definition) is 1. The zero-order valence-corrected chi connectivity index (χ0v) is 16.1. The van der Waals surface area contributed by atoms with Gasteiger partial charge in [-0.3, -0.25) is 14.9 Å². The summed E-state index contributed by atoms with van der Waals surface area (Å²) >= 11 is 0. The number of nitrogens with two attached hydrogens (primary N) is 1. The zero-order chi connectivity index (χ0) is 19.0. The van der Waals surface area contributed by atoms with Gasteiger partial charge < -0.3 is 19.0 Å². The van der Waals surface area contributed by atoms with Gasteiger partial charge in [0.25, 0.3) is 5.69 Å². The molecule has 0 bridgehead atoms. The summed E-state index contributed by atoms with van der Waals surface area (Å²) < 4.78 is 17.7. The third-order valence-corrected chi connectivity index (χ3v) is 7.40. The fourth-order valence-corrected chi connectivity index (χ4v) is 6.02. The third kappa shape index (κ3) is 4.85. The van der Waals surface area contributed by atoms with Crippen molar-refractivity contribution in [1.82, 2.24) is 0 Å². The molecule has 0 heterocycles. The Labute approximate surface area is 148 Å². The van der Waals surface area contributed by atoms with E-state index >= 15 is 0 Å². The highest BCUT2D eigenvalue weighted by atomic mass is 28.4. The molecule has 1 aromatic rings. The monoisotopic (exact) mass is 370 g/mol. The number of carbonyl (C=O) groups is 1. The van der Waals surface area contributed by atoms with Gasteiger partial charge in [-0.25, -0.2) is 0 Å². The first-order valence-corrected chi connectivity index (χ1v) is 10.2. The Hall–Kier alpha value is -1.81. The minimum absolute atomic E-state index is 0.104. The first-order valence-electron chi connectivity index (χ1n) is 8.36. The molecule has 1 rings (SSSR count). The van der Waals surface area contributed by atoms with Crippen LogP contribution in [0.4, 0.5) is 5.69 Å². The molecule has 0 fully saturated rings. The van der Waals surface area contributed by atoms with Crippen LogP contribution in [0.3, 0.4) is 0 Å². The largest absolute Gasteiger partial charge is 0.509 e. The van der Waals surface area contributed by atoms with Gasteiger partial charge in [-0.15, -0.1) is 0 Å². The minimum Gasteiger partial charge on any atom is -0.373 e. The molecule has 0 saturated heterocycles. The number of primary amides is 1. The molecule has 9 heteroatoms. The number of nitro benzene ring substituents is 1. The van der Waals surface area contributed by atoms with E-state index in [1.54, 1.807) is 0 Å². The molecule has 0 spiro atoms. The Morgan fingerprint density at radius 2 is 1.68 bits per heavy atom. The second-order valence-corrected chi connectivity index (χ2v) is 8.03. The summed E-state index contributed by atoms with van der Waals surface area (Å²) in [6.07, 6.45) is 0.495. The van der Waals surface area contributed by atoms with E-state index in [2.05, 4.69) is 0 Å². The maximum absolute atomic E-state index is 11.5. The summed E-state index contributed by atoms with van der Waals surface area (Å²) in [4.78, 5) is 22.6. The number of nitro groups is 1. The second-order valence-electron chi connectivity index (χ2n) is 5.26. The van der Waals surface area contributed by atoms with Crippen LogP contribution in [0.1, 0.15) is 55.6 Å². The van der Waals surface area contributed by atoms with Crippen molar-refractivity contribution in [3.8, 4) is 0 Å². The van der Waals surface area contributed by atoms with Crippen LogP contribution >= 0.6 is 0 Å². The van der Waals surface area contributed by atoms with Crippen LogP contribution in [0, 0.1) is 10.1 Å². The molecule has 1 amide bonds. The molecule has 140 valence electrons. The van der Waals surface area contributed by atoms with Gasteiger partial charge in [0, 0.05) is 37.0 Å². The minimum atomic E-state index is -3.26. The number of benzene rings is 1. The highest BCUT2D eigenvalue weighted by Crippen LogP contribution is 2.38. The number of hydrogen-bond acceptors (Lipinski definition) is 6. The average molecular weight is 370 g/mol. The van der Waals surface area contributed by atoms with E-state index in [1.807, 2.05) is 27.7 Å². The first kappa shape index (κ1) is 21.2. The molecule has 1 aromatic carbocycles. The average Bonchev–Trinajstić information content (AvgIpc) is 2.55. The molecule has 0 radical (unpaired) electrons. The van der Waals surface area contributed by atoms with Gasteiger partial charge >= 0.3 is 8.80 Å². The van der Waals surface area contributed by atoms with E-state index in [-0.39, 0.29) is 11.3 Å². The summed E-state index contributed by atoms with van der Waals surface area (Å²) in [5.74, 6) is -0.650. The summed E-state index contributed by atoms with van der Waals surface area (Å²) in [6, 6.07) is 4.09. The van der Waals surface area contributed by atoms with Crippen molar-refractivity contribution in [2.24, 2.45) is 5.73 Å². The van der Waals surface area contributed by atoms with Crippen molar-refractivity contribution in [1.29, 1.82) is 0 Å². The van der Waals surface area contributed by atoms with Gasteiger partial charge in [-0.2, -0.15) is 0 Å². The normalized spacial score (nSPS) is 12.8. The fraction of sp³-hybridized carbons (Fsp3) is 0.562. The van der Waals surface area contributed by atoms with Gasteiger partial charge in [0.05, 0.1) is 10.5 Å². The molecule has 8 nitrogen and oxygen atoms in total. The molecular formula is C16H26N2O6Si. The van der Waals surface area contributed by atoms with Crippen molar-refractivity contribution in [3.05, 3.63) is 39.4 Å². The molecule has 1 atom stereocenters. The Bertz CT molecular complexity index is 593. The summed E-state index contributed by atoms with van der Waals surface area (Å²) in [5, 5.41) is 11.5. The topological polar surface area (TPSA) is 114 Å². The van der Waals surface area contributed by atoms with Crippen molar-refractivity contribution in [3.63, 3.8) is 0 Å². The fourth-order valence-electron chi connectivity index (χ4n) is 2.84. The maximum atomic E-state index is 11.5. The molecule has 25 heavy (non-hydrogen) atoms. The predicted octanol–water partition coefficient (Wildman–Crippen LogP) is 2.77. The Morgan fingerprint density at radius 3 is 2.04 bits per heavy atom. The Kier molecular flexibility index (Phi) is 8.16. The lowest BCUT2D eigenvalue weighted by atomic mass is 10.0. The molecular weight excluding hydrogens is 344 g/mol. The summed E-state index contributed by atoms with van der Waals surface area (Å²) in [7, 11) is -3.26. The van der Waals surface area contributed by atoms with E-state index in [4.69, 9.17) is 19.0 Å². The van der Waals surface area contributed by atoms with E-state index in [0.29, 0.717) is 31.8 Å². The van der Waals surface area contributed by atoms with Gasteiger partial charge in [-0.1, -0.05) is 6.92 Å². The molecule has 2 N–H and O–H groups in total. The van der Waals surface area contributed by atoms with E-state index < -0.39 is 25.2 Å². The van der Waals surface area contributed by atoms with Gasteiger partial charge in [0.2, 0.25) is 5.91 Å². The Morgan fingerprint density at radius 1 is 1.16 bits per heavy atom. The van der Waals surface area contributed by atoms with Crippen LogP contribution in [-0.4, -0.2) is 39.5 Å². The van der Waals surface area contributed by atoms with Gasteiger partial charge in [0.1, 0.15) is 0 Å². The lowest BCUT2D eigenvalue weighted by Crippen LogP contribution is -2.52. The quantitative estimate of drug-likeness (QED) is 0.364. The summed E-state index contributed by atoms with van der Waals surface area (Å²) in [6.45, 7) is 8.40. The molecule has 0 aromatic heterocycles. The molecule has 0 saturated carbocycles. The Balaban J connectivity index is 3.59. The maximum Gasteiger partial charge on any atom is 0.509 e. The van der Waals surface area contributed by atoms with Crippen molar-refractivity contribution in [2.75, 3.05) is 19.8 Å². The number of amides is 1. The SMILES string of the molecule is CCO[Si](OCC)(OCC)C(CC)c1cc(C(N)=O)ccc1[N+](=O)[O-]. The molecule has 0 aliphatic carbocycles. The molecule has 0 aliphatic rings. The van der Waals surface area contributed by atoms with Crippen molar-refractivity contribution >= 4 is 20.4 Å². The van der Waals surface area contributed by atoms with Crippen molar-refractivity contribution < 1.29 is 23.0 Å². The van der Waals surface area contributed by atoms with Crippen LogP contribution in [0.5, 0.6) is 0 Å². The van der Waals surface area contributed by atoms with Crippen molar-refractivity contribution in [2.45, 2.75) is 39.7 Å². The van der Waals surface area contributed by atoms with Crippen LogP contribution in [0.2, 0.25) is 0 Å². The number of nitrogens with zero attached hydrogens (tertiary/aromatic N) is 1. The van der Waals surface area contributed by atoms with Crippen LogP contribution in [-0.2, 0) is 13.3 Å². The zero-order valence-electron chi connectivity index (χ0n) is 15.1. The first-order chi connectivity index (χ1) is 11.9. The lowest BCUT2D eigenvalue weighted by Gasteiger charge is -2.35. The third-order valence-electron chi connectivity index (χ3n) is 3.76. The second kappa shape index (κ2) is 9.61. The molecule has 0 aliphatic heterocycles. The highest BCUT2D eigenvalue weighted by Gasteiger charge is 2.51. The highest BCUT2D eigenvalue weighted by molar-refractivity contribution is 6.62.